The molecule has 0 spiro atoms. The third-order valence-corrected chi connectivity index (χ3v) is 5.09. The summed E-state index contributed by atoms with van der Waals surface area (Å²) in [6.45, 7) is 0.628. The van der Waals surface area contributed by atoms with Crippen molar-refractivity contribution >= 4 is 45.7 Å². The Hall–Kier alpha value is -2.38. The lowest BCUT2D eigenvalue weighted by molar-refractivity contribution is -0.122. The highest BCUT2D eigenvalue weighted by Crippen LogP contribution is 2.25. The van der Waals surface area contributed by atoms with Gasteiger partial charge in [-0.1, -0.05) is 23.1 Å². The molecule has 2 rings (SSSR count). The maximum atomic E-state index is 13.5. The molecule has 0 aliphatic heterocycles. The summed E-state index contributed by atoms with van der Waals surface area (Å²) in [5, 5.41) is 15.8. The van der Waals surface area contributed by atoms with Gasteiger partial charge in [-0.05, 0) is 12.1 Å². The van der Waals surface area contributed by atoms with Gasteiger partial charge in [0.05, 0.1) is 24.6 Å². The molecule has 0 unspecified atom stereocenters. The second-order valence-electron chi connectivity index (χ2n) is 5.13. The van der Waals surface area contributed by atoms with Crippen molar-refractivity contribution in [3.63, 3.8) is 0 Å². The molecule has 0 fully saturated rings. The number of rotatable bonds is 10. The van der Waals surface area contributed by atoms with Crippen LogP contribution in [0.4, 0.5) is 24.0 Å². The smallest absolute Gasteiger partial charge is 0.243 e. The van der Waals surface area contributed by atoms with Crippen LogP contribution in [0.3, 0.4) is 0 Å². The van der Waals surface area contributed by atoms with Crippen molar-refractivity contribution in [2.75, 3.05) is 43.2 Å². The number of methoxy groups -OCH3 is 1. The van der Waals surface area contributed by atoms with E-state index in [0.717, 1.165) is 17.8 Å². The minimum absolute atomic E-state index is 0.0144. The molecule has 8 nitrogen and oxygen atoms in total. The fraction of sp³-hybridized carbons (Fsp3) is 0.333. The van der Waals surface area contributed by atoms with Crippen LogP contribution in [0.25, 0.3) is 0 Å². The number of benzene rings is 1. The molecular formula is C15H16F3N5O3S2. The lowest BCUT2D eigenvalue weighted by Gasteiger charge is -2.08. The number of ether oxygens (including phenoxy) is 1. The van der Waals surface area contributed by atoms with Crippen molar-refractivity contribution in [2.24, 2.45) is 0 Å². The van der Waals surface area contributed by atoms with Crippen LogP contribution in [0.2, 0.25) is 0 Å². The van der Waals surface area contributed by atoms with Crippen LogP contribution in [-0.4, -0.2) is 54.6 Å². The van der Waals surface area contributed by atoms with Crippen molar-refractivity contribution in [3.05, 3.63) is 29.6 Å². The van der Waals surface area contributed by atoms with Crippen LogP contribution in [-0.2, 0) is 14.3 Å². The molecule has 13 heteroatoms. The fourth-order valence-electron chi connectivity index (χ4n) is 1.77. The van der Waals surface area contributed by atoms with Gasteiger partial charge in [-0.25, -0.2) is 13.2 Å². The van der Waals surface area contributed by atoms with Gasteiger partial charge in [0.1, 0.15) is 0 Å². The Morgan fingerprint density at radius 2 is 1.96 bits per heavy atom. The second-order valence-corrected chi connectivity index (χ2v) is 7.33. The molecule has 28 heavy (non-hydrogen) atoms. The van der Waals surface area contributed by atoms with E-state index in [9.17, 15) is 22.8 Å². The molecule has 1 aromatic carbocycles. The summed E-state index contributed by atoms with van der Waals surface area (Å²) >= 11 is 2.39. The largest absolute Gasteiger partial charge is 0.383 e. The van der Waals surface area contributed by atoms with Crippen molar-refractivity contribution in [2.45, 2.75) is 4.34 Å². The van der Waals surface area contributed by atoms with E-state index in [-0.39, 0.29) is 5.75 Å². The highest BCUT2D eigenvalue weighted by molar-refractivity contribution is 8.01. The molecule has 1 aromatic heterocycles. The van der Waals surface area contributed by atoms with E-state index in [1.807, 2.05) is 0 Å². The maximum Gasteiger partial charge on any atom is 0.243 e. The average molecular weight is 435 g/mol. The van der Waals surface area contributed by atoms with Crippen LogP contribution >= 0.6 is 23.1 Å². The first-order valence-corrected chi connectivity index (χ1v) is 9.60. The van der Waals surface area contributed by atoms with Crippen molar-refractivity contribution in [1.82, 2.24) is 15.5 Å². The summed E-state index contributed by atoms with van der Waals surface area (Å²) in [7, 11) is 1.58. The number of nitrogens with one attached hydrogen (secondary N) is 3. The van der Waals surface area contributed by atoms with Crippen LogP contribution in [0.5, 0.6) is 0 Å². The number of carbonyl (C=O) groups excluding carboxylic acids is 2. The lowest BCUT2D eigenvalue weighted by Crippen LogP contribution is -2.34. The number of amides is 2. The van der Waals surface area contributed by atoms with Crippen LogP contribution in [0, 0.1) is 17.5 Å². The zero-order chi connectivity index (χ0) is 20.5. The van der Waals surface area contributed by atoms with Gasteiger partial charge in [-0.3, -0.25) is 9.59 Å². The number of nitrogens with zero attached hydrogens (tertiary/aromatic N) is 2. The molecule has 0 radical (unpaired) electrons. The lowest BCUT2D eigenvalue weighted by atomic mass is 10.2. The SMILES string of the molecule is COCCNc1nnc(SCC(=O)NCC(=O)Nc2ccc(F)c(F)c2F)s1. The molecule has 0 saturated heterocycles. The minimum Gasteiger partial charge on any atom is -0.383 e. The maximum absolute atomic E-state index is 13.5. The number of carbonyl (C=O) groups is 2. The molecule has 0 aliphatic carbocycles. The monoisotopic (exact) mass is 435 g/mol. The van der Waals surface area contributed by atoms with E-state index in [1.54, 1.807) is 7.11 Å². The van der Waals surface area contributed by atoms with Crippen molar-refractivity contribution in [3.8, 4) is 0 Å². The number of anilines is 2. The third kappa shape index (κ3) is 6.65. The van der Waals surface area contributed by atoms with Gasteiger partial charge in [0.15, 0.2) is 21.8 Å². The van der Waals surface area contributed by atoms with Gasteiger partial charge in [0.25, 0.3) is 0 Å². The second kappa shape index (κ2) is 10.8. The standard InChI is InChI=1S/C15H16F3N5O3S2/c1-26-5-4-19-14-22-23-15(28-14)27-7-11(25)20-6-10(24)21-9-3-2-8(16)12(17)13(9)18/h2-3H,4-7H2,1H3,(H,19,22)(H,20,25)(H,21,24). The zero-order valence-electron chi connectivity index (χ0n) is 14.6. The molecule has 2 aromatic rings. The van der Waals surface area contributed by atoms with Gasteiger partial charge < -0.3 is 20.7 Å². The van der Waals surface area contributed by atoms with E-state index in [1.165, 1.54) is 11.3 Å². The fourth-order valence-corrected chi connectivity index (χ4v) is 3.38. The summed E-state index contributed by atoms with van der Waals surface area (Å²) in [6, 6.07) is 1.57. The normalized spacial score (nSPS) is 10.6. The van der Waals surface area contributed by atoms with Gasteiger partial charge >= 0.3 is 0 Å². The highest BCUT2D eigenvalue weighted by Gasteiger charge is 2.16. The predicted molar refractivity (Wildman–Crippen MR) is 99.0 cm³/mol. The number of thioether (sulfide) groups is 1. The Balaban J connectivity index is 1.72. The van der Waals surface area contributed by atoms with E-state index in [2.05, 4.69) is 26.1 Å². The quantitative estimate of drug-likeness (QED) is 0.297. The Bertz CT molecular complexity index is 837. The van der Waals surface area contributed by atoms with E-state index in [0.29, 0.717) is 28.7 Å². The van der Waals surface area contributed by atoms with Crippen LogP contribution < -0.4 is 16.0 Å². The zero-order valence-corrected chi connectivity index (χ0v) is 16.2. The Kier molecular flexibility index (Phi) is 8.47. The predicted octanol–water partition coefficient (Wildman–Crippen LogP) is 1.86. The molecule has 152 valence electrons. The van der Waals surface area contributed by atoms with Gasteiger partial charge in [-0.15, -0.1) is 10.2 Å². The van der Waals surface area contributed by atoms with E-state index < -0.39 is 41.5 Å². The topological polar surface area (TPSA) is 105 Å². The molecule has 0 saturated carbocycles. The summed E-state index contributed by atoms with van der Waals surface area (Å²) in [6.07, 6.45) is 0. The van der Waals surface area contributed by atoms with E-state index in [4.69, 9.17) is 4.74 Å². The van der Waals surface area contributed by atoms with Gasteiger partial charge in [0, 0.05) is 13.7 Å². The van der Waals surface area contributed by atoms with Crippen molar-refractivity contribution in [1.29, 1.82) is 0 Å². The summed E-state index contributed by atoms with van der Waals surface area (Å²) in [5.41, 5.74) is -0.519. The highest BCUT2D eigenvalue weighted by atomic mass is 32.2. The van der Waals surface area contributed by atoms with Gasteiger partial charge in [0.2, 0.25) is 16.9 Å². The molecule has 2 amide bonds. The number of aromatic nitrogens is 2. The summed E-state index contributed by atoms with van der Waals surface area (Å²) in [5.74, 6) is -5.83. The first-order chi connectivity index (χ1) is 13.4. The molecule has 0 atom stereocenters. The average Bonchev–Trinajstić information content (AvgIpc) is 3.13. The summed E-state index contributed by atoms with van der Waals surface area (Å²) < 4.78 is 44.9. The molecule has 0 bridgehead atoms. The Morgan fingerprint density at radius 3 is 2.71 bits per heavy atom. The number of hydrogen-bond acceptors (Lipinski definition) is 8. The van der Waals surface area contributed by atoms with Crippen LogP contribution in [0.1, 0.15) is 0 Å². The molecule has 1 heterocycles. The first-order valence-electron chi connectivity index (χ1n) is 7.80. The van der Waals surface area contributed by atoms with Crippen LogP contribution in [0.15, 0.2) is 16.5 Å². The molecule has 0 aliphatic rings. The minimum atomic E-state index is -1.69. The number of hydrogen-bond donors (Lipinski definition) is 3. The van der Waals surface area contributed by atoms with E-state index >= 15 is 0 Å². The first kappa shape index (κ1) is 21.9. The molecular weight excluding hydrogens is 419 g/mol. The van der Waals surface area contributed by atoms with Gasteiger partial charge in [-0.2, -0.15) is 0 Å². The summed E-state index contributed by atoms with van der Waals surface area (Å²) in [4.78, 5) is 23.5. The Labute approximate surface area is 166 Å². The Morgan fingerprint density at radius 1 is 1.18 bits per heavy atom. The number of halogens is 3. The van der Waals surface area contributed by atoms with Crippen molar-refractivity contribution < 1.29 is 27.5 Å². The molecule has 3 N–H and O–H groups in total. The third-order valence-electron chi connectivity index (χ3n) is 3.07.